The topological polar surface area (TPSA) is 27.7 Å². The van der Waals surface area contributed by atoms with Gasteiger partial charge in [-0.1, -0.05) is 24.2 Å². The predicted molar refractivity (Wildman–Crippen MR) is 85.2 cm³/mol. The van der Waals surface area contributed by atoms with Crippen LogP contribution in [0.5, 0.6) is 5.75 Å². The molecule has 1 aromatic rings. The number of benzene rings is 1. The Balaban J connectivity index is 1.61. The van der Waals surface area contributed by atoms with Crippen LogP contribution in [-0.2, 0) is 9.31 Å². The molecule has 1 aromatic carbocycles. The average molecular weight is 286 g/mol. The lowest BCUT2D eigenvalue weighted by molar-refractivity contribution is 0.00578. The Morgan fingerprint density at radius 3 is 2.14 bits per heavy atom. The summed E-state index contributed by atoms with van der Waals surface area (Å²) in [6, 6.07) is 8.14. The summed E-state index contributed by atoms with van der Waals surface area (Å²) in [5.74, 6) is 2.91. The average Bonchev–Trinajstić information content (AvgIpc) is 3.17. The van der Waals surface area contributed by atoms with Crippen molar-refractivity contribution in [1.82, 2.24) is 0 Å². The minimum absolute atomic E-state index is 0.288. The van der Waals surface area contributed by atoms with Gasteiger partial charge in [0.2, 0.25) is 0 Å². The van der Waals surface area contributed by atoms with Crippen LogP contribution in [0.1, 0.15) is 46.1 Å². The van der Waals surface area contributed by atoms with E-state index < -0.39 is 0 Å². The van der Waals surface area contributed by atoms with Crippen LogP contribution in [0.15, 0.2) is 30.2 Å². The van der Waals surface area contributed by atoms with E-state index in [1.54, 1.807) is 0 Å². The van der Waals surface area contributed by atoms with Gasteiger partial charge in [-0.2, -0.15) is 0 Å². The fourth-order valence-corrected chi connectivity index (χ4v) is 2.19. The summed E-state index contributed by atoms with van der Waals surface area (Å²) in [4.78, 5) is 0. The van der Waals surface area contributed by atoms with Gasteiger partial charge in [-0.05, 0) is 58.2 Å². The quantitative estimate of drug-likeness (QED) is 0.786. The van der Waals surface area contributed by atoms with E-state index in [2.05, 4.69) is 39.8 Å². The van der Waals surface area contributed by atoms with E-state index in [-0.39, 0.29) is 18.3 Å². The van der Waals surface area contributed by atoms with E-state index in [9.17, 15) is 0 Å². The molecule has 0 N–H and O–H groups in total. The van der Waals surface area contributed by atoms with Crippen molar-refractivity contribution in [3.63, 3.8) is 0 Å². The fourth-order valence-electron chi connectivity index (χ4n) is 2.19. The van der Waals surface area contributed by atoms with Gasteiger partial charge in [-0.3, -0.25) is 0 Å². The van der Waals surface area contributed by atoms with Crippen molar-refractivity contribution in [2.45, 2.75) is 57.8 Å². The number of hydrogen-bond donors (Lipinski definition) is 0. The van der Waals surface area contributed by atoms with Crippen LogP contribution < -0.4 is 4.74 Å². The zero-order valence-corrected chi connectivity index (χ0v) is 13.3. The van der Waals surface area contributed by atoms with Gasteiger partial charge < -0.3 is 14.0 Å². The Morgan fingerprint density at radius 1 is 1.05 bits per heavy atom. The highest BCUT2D eigenvalue weighted by Crippen LogP contribution is 2.37. The molecule has 1 saturated heterocycles. The maximum absolute atomic E-state index is 5.94. The van der Waals surface area contributed by atoms with Crippen LogP contribution in [0.2, 0.25) is 0 Å². The largest absolute Gasteiger partial charge is 0.490 e. The molecule has 3 rings (SSSR count). The molecule has 1 heterocycles. The Bertz CT molecular complexity index is 513. The Labute approximate surface area is 127 Å². The number of rotatable bonds is 4. The molecule has 1 aliphatic carbocycles. The molecule has 0 unspecified atom stereocenters. The first-order valence-electron chi connectivity index (χ1n) is 7.66. The maximum atomic E-state index is 5.94. The van der Waals surface area contributed by atoms with Crippen LogP contribution in [-0.4, -0.2) is 24.4 Å². The molecule has 1 aliphatic heterocycles. The second-order valence-corrected chi connectivity index (χ2v) is 6.87. The van der Waals surface area contributed by atoms with E-state index in [4.69, 9.17) is 14.0 Å². The summed E-state index contributed by atoms with van der Waals surface area (Å²) in [7, 11) is -0.294. The van der Waals surface area contributed by atoms with Gasteiger partial charge >= 0.3 is 7.12 Å². The van der Waals surface area contributed by atoms with Gasteiger partial charge in [0.05, 0.1) is 17.3 Å². The summed E-state index contributed by atoms with van der Waals surface area (Å²) in [5.41, 5.74) is 0.543. The lowest BCUT2D eigenvalue weighted by atomic mass is 9.89. The van der Waals surface area contributed by atoms with Crippen molar-refractivity contribution in [3.05, 3.63) is 35.8 Å². The summed E-state index contributed by atoms with van der Waals surface area (Å²) >= 11 is 0. The van der Waals surface area contributed by atoms with Gasteiger partial charge in [-0.25, -0.2) is 0 Å². The molecule has 0 bridgehead atoms. The van der Waals surface area contributed by atoms with E-state index in [1.807, 2.05) is 24.2 Å². The molecule has 1 saturated carbocycles. The van der Waals surface area contributed by atoms with Crippen molar-refractivity contribution >= 4 is 13.2 Å². The van der Waals surface area contributed by atoms with E-state index in [1.165, 1.54) is 12.8 Å². The van der Waals surface area contributed by atoms with Crippen LogP contribution in [0.25, 0.3) is 6.08 Å². The monoisotopic (exact) mass is 286 g/mol. The second-order valence-electron chi connectivity index (χ2n) is 6.87. The number of ether oxygens (including phenoxy) is 1. The van der Waals surface area contributed by atoms with E-state index in [0.717, 1.165) is 11.3 Å². The molecule has 2 aliphatic rings. The van der Waals surface area contributed by atoms with Gasteiger partial charge in [0.1, 0.15) is 5.75 Å². The molecule has 0 amide bonds. The molecule has 3 nitrogen and oxygen atoms in total. The highest BCUT2D eigenvalue weighted by Gasteiger charge is 2.49. The van der Waals surface area contributed by atoms with Crippen molar-refractivity contribution in [2.24, 2.45) is 0 Å². The van der Waals surface area contributed by atoms with Crippen molar-refractivity contribution in [3.8, 4) is 5.75 Å². The summed E-state index contributed by atoms with van der Waals surface area (Å²) in [6.45, 7) is 8.24. The first-order valence-corrected chi connectivity index (χ1v) is 7.66. The Kier molecular flexibility index (Phi) is 3.62. The van der Waals surface area contributed by atoms with Gasteiger partial charge in [0.25, 0.3) is 0 Å². The van der Waals surface area contributed by atoms with Crippen LogP contribution in [0.3, 0.4) is 0 Å². The summed E-state index contributed by atoms with van der Waals surface area (Å²) < 4.78 is 17.6. The van der Waals surface area contributed by atoms with E-state index >= 15 is 0 Å². The Hall–Kier alpha value is -1.26. The molecule has 0 atom stereocenters. The minimum Gasteiger partial charge on any atom is -0.490 e. The third-order valence-electron chi connectivity index (χ3n) is 4.42. The first-order chi connectivity index (χ1) is 9.86. The predicted octanol–water partition coefficient (Wildman–Crippen LogP) is 3.87. The fraction of sp³-hybridized carbons (Fsp3) is 0.529. The van der Waals surface area contributed by atoms with Gasteiger partial charge in [0.15, 0.2) is 0 Å². The van der Waals surface area contributed by atoms with Crippen LogP contribution in [0.4, 0.5) is 0 Å². The summed E-state index contributed by atoms with van der Waals surface area (Å²) in [5, 5.41) is 0. The van der Waals surface area contributed by atoms with Crippen LogP contribution >= 0.6 is 0 Å². The molecule has 21 heavy (non-hydrogen) atoms. The van der Waals surface area contributed by atoms with Crippen molar-refractivity contribution < 1.29 is 14.0 Å². The Morgan fingerprint density at radius 2 is 1.62 bits per heavy atom. The molecule has 4 heteroatoms. The lowest BCUT2D eigenvalue weighted by Gasteiger charge is -2.32. The minimum atomic E-state index is -0.294. The molecule has 2 fully saturated rings. The van der Waals surface area contributed by atoms with Crippen LogP contribution in [0, 0.1) is 0 Å². The third-order valence-corrected chi connectivity index (χ3v) is 4.42. The van der Waals surface area contributed by atoms with Crippen molar-refractivity contribution in [2.75, 3.05) is 0 Å². The second kappa shape index (κ2) is 5.18. The maximum Gasteiger partial charge on any atom is 0.487 e. The number of hydrogen-bond acceptors (Lipinski definition) is 3. The zero-order valence-electron chi connectivity index (χ0n) is 13.3. The standard InChI is InChI=1S/C17H23BO3/c1-16(2)17(3,4)21-18(20-16)12-11-13-5-7-14(8-6-13)19-15-9-10-15/h5-8,11-12,15H,9-10H2,1-4H3/b12-11+. The lowest BCUT2D eigenvalue weighted by Crippen LogP contribution is -2.41. The highest BCUT2D eigenvalue weighted by molar-refractivity contribution is 6.52. The molecule has 0 radical (unpaired) electrons. The molecule has 0 spiro atoms. The normalized spacial score (nSPS) is 23.7. The third kappa shape index (κ3) is 3.33. The van der Waals surface area contributed by atoms with Crippen molar-refractivity contribution in [1.29, 1.82) is 0 Å². The van der Waals surface area contributed by atoms with Gasteiger partial charge in [-0.15, -0.1) is 0 Å². The first kappa shape index (κ1) is 14.7. The van der Waals surface area contributed by atoms with Gasteiger partial charge in [0, 0.05) is 0 Å². The SMILES string of the molecule is CC1(C)OB(/C=C/c2ccc(OC3CC3)cc2)OC1(C)C. The molecule has 112 valence electrons. The summed E-state index contributed by atoms with van der Waals surface area (Å²) in [6.07, 6.45) is 4.84. The zero-order chi connectivity index (χ0) is 15.1. The molecular formula is C17H23BO3. The smallest absolute Gasteiger partial charge is 0.487 e. The van der Waals surface area contributed by atoms with E-state index in [0.29, 0.717) is 6.10 Å². The molecule has 0 aromatic heterocycles. The highest BCUT2D eigenvalue weighted by atomic mass is 16.7. The molecular weight excluding hydrogens is 263 g/mol.